The van der Waals surface area contributed by atoms with Crippen LogP contribution in [0.2, 0.25) is 0 Å². The van der Waals surface area contributed by atoms with Crippen molar-refractivity contribution in [3.05, 3.63) is 70.8 Å². The van der Waals surface area contributed by atoms with E-state index in [1.165, 1.54) is 16.7 Å². The van der Waals surface area contributed by atoms with Gasteiger partial charge in [0.2, 0.25) is 15.9 Å². The molecule has 41 heavy (non-hydrogen) atoms. The molecule has 2 aromatic carbocycles. The van der Waals surface area contributed by atoms with Crippen LogP contribution in [-0.4, -0.2) is 60.6 Å². The van der Waals surface area contributed by atoms with Gasteiger partial charge in [0.15, 0.2) is 0 Å². The van der Waals surface area contributed by atoms with Crippen LogP contribution >= 0.6 is 0 Å². The van der Waals surface area contributed by atoms with E-state index >= 15 is 0 Å². The molecule has 4 bridgehead atoms. The number of hydrogen-bond acceptors (Lipinski definition) is 6. The Labute approximate surface area is 245 Å². The first kappa shape index (κ1) is 30.2. The molecule has 3 aliphatic rings. The third-order valence-corrected chi connectivity index (χ3v) is 10.8. The highest BCUT2D eigenvalue weighted by atomic mass is 32.2. The van der Waals surface area contributed by atoms with Crippen molar-refractivity contribution in [2.24, 2.45) is 5.92 Å². The maximum atomic E-state index is 14.0. The standard InChI is InChI=1S/C32H46N4O4S/c1-22-11-9-12-23(2)29(22)27-20-28-36(32(3,4)5)31(33-27)34-41(38,39)26-16-10-15-25(19-26)30(37)35(17-18-40-28)21-24-13-7-6-8-14-24/h6-9,11-14,25-28,31,33-34H,10,15-21H2,1-5H3. The molecule has 2 aliphatic heterocycles. The summed E-state index contributed by atoms with van der Waals surface area (Å²) in [5.41, 5.74) is 4.17. The average molecular weight is 583 g/mol. The van der Waals surface area contributed by atoms with Crippen molar-refractivity contribution < 1.29 is 17.9 Å². The Morgan fingerprint density at radius 2 is 1.68 bits per heavy atom. The first-order valence-corrected chi connectivity index (χ1v) is 16.5. The van der Waals surface area contributed by atoms with Crippen LogP contribution in [0.5, 0.6) is 0 Å². The molecule has 0 aromatic heterocycles. The fraction of sp³-hybridized carbons (Fsp3) is 0.594. The predicted molar refractivity (Wildman–Crippen MR) is 161 cm³/mol. The van der Waals surface area contributed by atoms with E-state index in [-0.39, 0.29) is 24.1 Å². The molecule has 0 spiro atoms. The minimum absolute atomic E-state index is 0.0267. The molecule has 2 saturated heterocycles. The molecular formula is C32H46N4O4S. The van der Waals surface area contributed by atoms with E-state index < -0.39 is 27.1 Å². The van der Waals surface area contributed by atoms with Gasteiger partial charge in [-0.3, -0.25) is 10.1 Å². The molecule has 3 fully saturated rings. The van der Waals surface area contributed by atoms with Crippen molar-refractivity contribution >= 4 is 15.9 Å². The maximum absolute atomic E-state index is 14.0. The first-order chi connectivity index (χ1) is 19.4. The van der Waals surface area contributed by atoms with E-state index in [4.69, 9.17) is 4.74 Å². The summed E-state index contributed by atoms with van der Waals surface area (Å²) >= 11 is 0. The Hall–Kier alpha value is -2.30. The van der Waals surface area contributed by atoms with Gasteiger partial charge in [0.25, 0.3) is 0 Å². The van der Waals surface area contributed by atoms with E-state index in [1.54, 1.807) is 0 Å². The van der Waals surface area contributed by atoms with Gasteiger partial charge in [-0.1, -0.05) is 55.0 Å². The molecule has 2 heterocycles. The number of sulfonamides is 1. The van der Waals surface area contributed by atoms with Crippen molar-refractivity contribution in [2.45, 2.75) is 103 Å². The van der Waals surface area contributed by atoms with Crippen molar-refractivity contribution in [2.75, 3.05) is 13.2 Å². The largest absolute Gasteiger partial charge is 0.361 e. The summed E-state index contributed by atoms with van der Waals surface area (Å²) in [4.78, 5) is 17.9. The molecule has 224 valence electrons. The van der Waals surface area contributed by atoms with Crippen LogP contribution in [0.4, 0.5) is 0 Å². The van der Waals surface area contributed by atoms with Crippen LogP contribution in [0.15, 0.2) is 48.5 Å². The van der Waals surface area contributed by atoms with Crippen molar-refractivity contribution in [1.82, 2.24) is 19.8 Å². The molecule has 5 atom stereocenters. The minimum atomic E-state index is -3.74. The fourth-order valence-corrected chi connectivity index (χ4v) is 8.64. The third kappa shape index (κ3) is 6.70. The lowest BCUT2D eigenvalue weighted by Crippen LogP contribution is -2.70. The van der Waals surface area contributed by atoms with Gasteiger partial charge in [-0.05, 0) is 76.1 Å². The molecule has 1 saturated carbocycles. The number of fused-ring (bicyclic) bond motifs is 4. The number of carbonyl (C=O) groups excluding carboxylic acids is 1. The van der Waals surface area contributed by atoms with Gasteiger partial charge in [0.1, 0.15) is 12.5 Å². The van der Waals surface area contributed by atoms with Crippen LogP contribution < -0.4 is 10.0 Å². The number of hydrogen-bond donors (Lipinski definition) is 2. The zero-order chi connectivity index (χ0) is 29.4. The van der Waals surface area contributed by atoms with E-state index in [9.17, 15) is 13.2 Å². The summed E-state index contributed by atoms with van der Waals surface area (Å²) in [6, 6.07) is 16.2. The van der Waals surface area contributed by atoms with Gasteiger partial charge in [-0.25, -0.2) is 13.3 Å². The van der Waals surface area contributed by atoms with Crippen molar-refractivity contribution in [3.63, 3.8) is 0 Å². The molecule has 5 rings (SSSR count). The van der Waals surface area contributed by atoms with E-state index in [2.05, 4.69) is 67.8 Å². The molecule has 2 N–H and O–H groups in total. The second-order valence-corrected chi connectivity index (χ2v) is 15.0. The lowest BCUT2D eigenvalue weighted by molar-refractivity contribution is -0.162. The average Bonchev–Trinajstić information content (AvgIpc) is 2.91. The number of ether oxygens (including phenoxy) is 1. The number of carbonyl (C=O) groups is 1. The summed E-state index contributed by atoms with van der Waals surface area (Å²) in [6.45, 7) is 11.8. The van der Waals surface area contributed by atoms with Crippen LogP contribution in [0, 0.1) is 19.8 Å². The van der Waals surface area contributed by atoms with Crippen LogP contribution in [0.3, 0.4) is 0 Å². The molecular weight excluding hydrogens is 536 g/mol. The highest BCUT2D eigenvalue weighted by Gasteiger charge is 2.46. The van der Waals surface area contributed by atoms with Crippen molar-refractivity contribution in [1.29, 1.82) is 0 Å². The summed E-state index contributed by atoms with van der Waals surface area (Å²) in [5.74, 6) is -0.290. The summed E-state index contributed by atoms with van der Waals surface area (Å²) in [5, 5.41) is 3.05. The Bertz CT molecular complexity index is 1310. The Balaban J connectivity index is 1.54. The highest BCUT2D eigenvalue weighted by Crippen LogP contribution is 2.37. The Morgan fingerprint density at radius 3 is 2.37 bits per heavy atom. The number of amides is 1. The Morgan fingerprint density at radius 1 is 0.976 bits per heavy atom. The number of nitrogens with zero attached hydrogens (tertiary/aromatic N) is 2. The normalized spacial score (nSPS) is 29.7. The Kier molecular flexibility index (Phi) is 8.93. The van der Waals surface area contributed by atoms with E-state index in [0.29, 0.717) is 51.8 Å². The van der Waals surface area contributed by atoms with Crippen LogP contribution in [-0.2, 0) is 26.1 Å². The minimum Gasteiger partial charge on any atom is -0.361 e. The second-order valence-electron chi connectivity index (χ2n) is 13.0. The van der Waals surface area contributed by atoms with E-state index in [0.717, 1.165) is 5.56 Å². The fourth-order valence-electron chi connectivity index (χ4n) is 6.99. The third-order valence-electron chi connectivity index (χ3n) is 8.94. The lowest BCUT2D eigenvalue weighted by Gasteiger charge is -2.52. The van der Waals surface area contributed by atoms with Crippen LogP contribution in [0.25, 0.3) is 0 Å². The number of rotatable bonds is 3. The molecule has 5 unspecified atom stereocenters. The van der Waals surface area contributed by atoms with Gasteiger partial charge in [0.05, 0.1) is 11.9 Å². The zero-order valence-electron chi connectivity index (χ0n) is 25.1. The molecule has 8 nitrogen and oxygen atoms in total. The van der Waals surface area contributed by atoms with Crippen LogP contribution in [0.1, 0.15) is 81.2 Å². The monoisotopic (exact) mass is 582 g/mol. The predicted octanol–water partition coefficient (Wildman–Crippen LogP) is 4.59. The van der Waals surface area contributed by atoms with Crippen molar-refractivity contribution in [3.8, 4) is 0 Å². The molecule has 9 heteroatoms. The molecule has 2 aromatic rings. The molecule has 1 amide bonds. The molecule has 0 radical (unpaired) electrons. The van der Waals surface area contributed by atoms with Gasteiger partial charge in [0, 0.05) is 37.0 Å². The zero-order valence-corrected chi connectivity index (χ0v) is 25.9. The van der Waals surface area contributed by atoms with E-state index in [1.807, 2.05) is 35.2 Å². The summed E-state index contributed by atoms with van der Waals surface area (Å²) in [7, 11) is -3.74. The molecule has 1 aliphatic carbocycles. The topological polar surface area (TPSA) is 91.0 Å². The smallest absolute Gasteiger partial charge is 0.226 e. The lowest BCUT2D eigenvalue weighted by atomic mass is 9.87. The SMILES string of the molecule is Cc1cccc(C)c1C1CC2OCCN(Cc3ccccc3)C(=O)C3CCCC(C3)S(=O)(=O)NC(N1)N2C(C)(C)C. The highest BCUT2D eigenvalue weighted by molar-refractivity contribution is 7.90. The number of aryl methyl sites for hydroxylation is 2. The van der Waals surface area contributed by atoms with Gasteiger partial charge >= 0.3 is 0 Å². The quantitative estimate of drug-likeness (QED) is 0.551. The van der Waals surface area contributed by atoms with Gasteiger partial charge in [-0.2, -0.15) is 4.72 Å². The number of nitrogens with one attached hydrogen (secondary N) is 2. The van der Waals surface area contributed by atoms with Gasteiger partial charge in [-0.15, -0.1) is 0 Å². The maximum Gasteiger partial charge on any atom is 0.226 e. The first-order valence-electron chi connectivity index (χ1n) is 15.0. The second kappa shape index (κ2) is 12.1. The number of benzene rings is 2. The summed E-state index contributed by atoms with van der Waals surface area (Å²) < 4.78 is 37.7. The summed E-state index contributed by atoms with van der Waals surface area (Å²) in [6.07, 6.45) is 1.96. The van der Waals surface area contributed by atoms with Gasteiger partial charge < -0.3 is 9.64 Å².